The van der Waals surface area contributed by atoms with Crippen molar-refractivity contribution in [2.75, 3.05) is 13.1 Å². The summed E-state index contributed by atoms with van der Waals surface area (Å²) >= 11 is 0. The zero-order valence-electron chi connectivity index (χ0n) is 11.9. The number of benzene rings is 1. The molecule has 21 heavy (non-hydrogen) atoms. The summed E-state index contributed by atoms with van der Waals surface area (Å²) in [5, 5.41) is 2.20. The van der Waals surface area contributed by atoms with Gasteiger partial charge < -0.3 is 4.90 Å². The molecule has 0 spiro atoms. The molecule has 1 saturated heterocycles. The van der Waals surface area contributed by atoms with Crippen LogP contribution >= 0.6 is 0 Å². The molecule has 5 nitrogen and oxygen atoms in total. The van der Waals surface area contributed by atoms with Crippen molar-refractivity contribution in [3.63, 3.8) is 0 Å². The van der Waals surface area contributed by atoms with E-state index in [1.807, 2.05) is 6.07 Å². The Morgan fingerprint density at radius 1 is 1.05 bits per heavy atom. The Balaban J connectivity index is 1.69. The van der Waals surface area contributed by atoms with Gasteiger partial charge in [-0.25, -0.2) is 0 Å². The average molecular weight is 286 g/mol. The first kappa shape index (κ1) is 13.8. The van der Waals surface area contributed by atoms with Gasteiger partial charge in [-0.2, -0.15) is 0 Å². The molecular weight excluding hydrogens is 268 g/mol. The molecule has 1 aliphatic carbocycles. The molecule has 3 amide bonds. The predicted molar refractivity (Wildman–Crippen MR) is 76.5 cm³/mol. The summed E-state index contributed by atoms with van der Waals surface area (Å²) < 4.78 is 0. The van der Waals surface area contributed by atoms with E-state index in [4.69, 9.17) is 0 Å². The van der Waals surface area contributed by atoms with Crippen LogP contribution in [0.1, 0.15) is 29.5 Å². The molecule has 110 valence electrons. The molecule has 1 heterocycles. The van der Waals surface area contributed by atoms with Crippen molar-refractivity contribution < 1.29 is 14.4 Å². The quantitative estimate of drug-likeness (QED) is 0.809. The monoisotopic (exact) mass is 286 g/mol. The Morgan fingerprint density at radius 2 is 1.71 bits per heavy atom. The lowest BCUT2D eigenvalue weighted by Crippen LogP contribution is -2.53. The second-order valence-electron chi connectivity index (χ2n) is 5.71. The van der Waals surface area contributed by atoms with Crippen molar-refractivity contribution in [2.24, 2.45) is 0 Å². The number of carbonyl (C=O) groups is 3. The SMILES string of the molecule is O=C1CN(C(=O)Cc2ccc3c(c2)CCCC3)CC(=O)N1. The van der Waals surface area contributed by atoms with Crippen LogP contribution in [0.15, 0.2) is 18.2 Å². The predicted octanol–water partition coefficient (Wildman–Crippen LogP) is 0.593. The van der Waals surface area contributed by atoms with Crippen molar-refractivity contribution in [3.05, 3.63) is 34.9 Å². The Hall–Kier alpha value is -2.17. The van der Waals surface area contributed by atoms with E-state index < -0.39 is 11.8 Å². The minimum absolute atomic E-state index is 0.0322. The summed E-state index contributed by atoms with van der Waals surface area (Å²) in [6, 6.07) is 6.18. The van der Waals surface area contributed by atoms with Crippen molar-refractivity contribution in [2.45, 2.75) is 32.1 Å². The van der Waals surface area contributed by atoms with Crippen molar-refractivity contribution in [1.82, 2.24) is 10.2 Å². The Morgan fingerprint density at radius 3 is 2.43 bits per heavy atom. The van der Waals surface area contributed by atoms with Gasteiger partial charge in [-0.3, -0.25) is 19.7 Å². The van der Waals surface area contributed by atoms with Crippen LogP contribution in [-0.4, -0.2) is 35.7 Å². The van der Waals surface area contributed by atoms with Crippen LogP contribution in [0.2, 0.25) is 0 Å². The zero-order valence-corrected chi connectivity index (χ0v) is 11.9. The Kier molecular flexibility index (Phi) is 3.73. The van der Waals surface area contributed by atoms with Gasteiger partial charge in [-0.05, 0) is 42.4 Å². The highest BCUT2D eigenvalue weighted by Crippen LogP contribution is 2.22. The fraction of sp³-hybridized carbons (Fsp3) is 0.438. The number of hydrogen-bond donors (Lipinski definition) is 1. The first-order valence-electron chi connectivity index (χ1n) is 7.33. The number of hydrogen-bond acceptors (Lipinski definition) is 3. The van der Waals surface area contributed by atoms with Crippen LogP contribution in [0.25, 0.3) is 0 Å². The second-order valence-corrected chi connectivity index (χ2v) is 5.71. The van der Waals surface area contributed by atoms with Crippen LogP contribution in [0, 0.1) is 0 Å². The fourth-order valence-electron chi connectivity index (χ4n) is 3.00. The smallest absolute Gasteiger partial charge is 0.246 e. The van der Waals surface area contributed by atoms with Crippen LogP contribution in [0.3, 0.4) is 0 Å². The fourth-order valence-corrected chi connectivity index (χ4v) is 3.00. The number of carbonyl (C=O) groups excluding carboxylic acids is 3. The van der Waals surface area contributed by atoms with Gasteiger partial charge in [-0.1, -0.05) is 18.2 Å². The van der Waals surface area contributed by atoms with Crippen LogP contribution in [0.4, 0.5) is 0 Å². The molecule has 0 unspecified atom stereocenters. The van der Waals surface area contributed by atoms with Gasteiger partial charge in [0.2, 0.25) is 17.7 Å². The summed E-state index contributed by atoms with van der Waals surface area (Å²) in [5.41, 5.74) is 3.67. The molecule has 1 aromatic carbocycles. The van der Waals surface area contributed by atoms with Gasteiger partial charge in [0.05, 0.1) is 6.42 Å². The van der Waals surface area contributed by atoms with Gasteiger partial charge in [0.1, 0.15) is 13.1 Å². The third kappa shape index (κ3) is 3.12. The number of piperazine rings is 1. The summed E-state index contributed by atoms with van der Waals surface area (Å²) in [7, 11) is 0. The van der Waals surface area contributed by atoms with Crippen LogP contribution < -0.4 is 5.32 Å². The van der Waals surface area contributed by atoms with E-state index in [0.717, 1.165) is 18.4 Å². The van der Waals surface area contributed by atoms with Gasteiger partial charge >= 0.3 is 0 Å². The molecule has 5 heteroatoms. The largest absolute Gasteiger partial charge is 0.324 e. The van der Waals surface area contributed by atoms with E-state index in [1.54, 1.807) is 0 Å². The first-order chi connectivity index (χ1) is 10.1. The molecule has 0 saturated carbocycles. The highest BCUT2D eigenvalue weighted by atomic mass is 16.2. The number of fused-ring (bicyclic) bond motifs is 1. The first-order valence-corrected chi connectivity index (χ1v) is 7.33. The standard InChI is InChI=1S/C16H18N2O3/c19-14-9-18(10-15(20)17-14)16(21)8-11-5-6-12-3-1-2-4-13(12)7-11/h5-7H,1-4,8-10H2,(H,17,19,20). The van der Waals surface area contributed by atoms with E-state index >= 15 is 0 Å². The second kappa shape index (κ2) is 5.68. The molecule has 1 fully saturated rings. The lowest BCUT2D eigenvalue weighted by molar-refractivity contribution is -0.145. The number of nitrogens with zero attached hydrogens (tertiary/aromatic N) is 1. The third-order valence-electron chi connectivity index (χ3n) is 4.07. The maximum Gasteiger partial charge on any atom is 0.246 e. The molecular formula is C16H18N2O3. The number of rotatable bonds is 2. The number of imide groups is 1. The van der Waals surface area contributed by atoms with E-state index in [0.29, 0.717) is 0 Å². The highest BCUT2D eigenvalue weighted by molar-refractivity contribution is 6.02. The van der Waals surface area contributed by atoms with E-state index in [-0.39, 0.29) is 25.4 Å². The normalized spacial score (nSPS) is 18.2. The molecule has 1 aliphatic heterocycles. The molecule has 0 atom stereocenters. The number of amides is 3. The molecule has 2 aliphatic rings. The highest BCUT2D eigenvalue weighted by Gasteiger charge is 2.26. The molecule has 0 aromatic heterocycles. The van der Waals surface area contributed by atoms with Crippen molar-refractivity contribution in [1.29, 1.82) is 0 Å². The average Bonchev–Trinajstić information content (AvgIpc) is 2.46. The van der Waals surface area contributed by atoms with E-state index in [9.17, 15) is 14.4 Å². The Bertz CT molecular complexity index is 594. The topological polar surface area (TPSA) is 66.5 Å². The Labute approximate surface area is 123 Å². The third-order valence-corrected chi connectivity index (χ3v) is 4.07. The molecule has 3 rings (SSSR count). The summed E-state index contributed by atoms with van der Waals surface area (Å²) in [4.78, 5) is 36.2. The molecule has 0 radical (unpaired) electrons. The van der Waals surface area contributed by atoms with Crippen LogP contribution in [0.5, 0.6) is 0 Å². The minimum Gasteiger partial charge on any atom is -0.324 e. The molecule has 1 N–H and O–H groups in total. The summed E-state index contributed by atoms with van der Waals surface area (Å²) in [6.45, 7) is -0.0645. The van der Waals surface area contributed by atoms with E-state index in [1.165, 1.54) is 28.9 Å². The maximum atomic E-state index is 12.2. The maximum absolute atomic E-state index is 12.2. The van der Waals surface area contributed by atoms with Gasteiger partial charge in [0, 0.05) is 0 Å². The minimum atomic E-state index is -0.412. The van der Waals surface area contributed by atoms with Gasteiger partial charge in [-0.15, -0.1) is 0 Å². The van der Waals surface area contributed by atoms with Crippen LogP contribution in [-0.2, 0) is 33.6 Å². The number of aryl methyl sites for hydroxylation is 2. The lowest BCUT2D eigenvalue weighted by Gasteiger charge is -2.25. The number of nitrogens with one attached hydrogen (secondary N) is 1. The van der Waals surface area contributed by atoms with Gasteiger partial charge in [0.25, 0.3) is 0 Å². The lowest BCUT2D eigenvalue weighted by atomic mass is 9.90. The zero-order chi connectivity index (χ0) is 14.8. The van der Waals surface area contributed by atoms with Gasteiger partial charge in [0.15, 0.2) is 0 Å². The molecule has 1 aromatic rings. The summed E-state index contributed by atoms with van der Waals surface area (Å²) in [6.07, 6.45) is 4.86. The summed E-state index contributed by atoms with van der Waals surface area (Å²) in [5.74, 6) is -0.996. The van der Waals surface area contributed by atoms with Crippen molar-refractivity contribution >= 4 is 17.7 Å². The van der Waals surface area contributed by atoms with E-state index in [2.05, 4.69) is 17.4 Å². The van der Waals surface area contributed by atoms with Crippen molar-refractivity contribution in [3.8, 4) is 0 Å². The molecule has 0 bridgehead atoms.